The molecule has 2 rings (SSSR count). The van der Waals surface area contributed by atoms with Crippen molar-refractivity contribution in [1.29, 1.82) is 0 Å². The van der Waals surface area contributed by atoms with Gasteiger partial charge in [0.1, 0.15) is 18.2 Å². The monoisotopic (exact) mass is 479 g/mol. The molecular weight excluding hydrogens is 434 g/mol. The van der Waals surface area contributed by atoms with E-state index in [9.17, 15) is 4.79 Å². The van der Waals surface area contributed by atoms with Crippen molar-refractivity contribution in [2.75, 3.05) is 24.6 Å². The van der Waals surface area contributed by atoms with E-state index >= 15 is 0 Å². The van der Waals surface area contributed by atoms with E-state index in [1.807, 2.05) is 19.2 Å². The molecule has 32 heavy (non-hydrogen) atoms. The molecule has 0 aromatic carbocycles. The largest absolute Gasteiger partial charge is 0.542 e. The van der Waals surface area contributed by atoms with Crippen LogP contribution in [0.2, 0.25) is 43.8 Å². The average Bonchev–Trinajstić information content (AvgIpc) is 2.69. The summed E-state index contributed by atoms with van der Waals surface area (Å²) in [5, 5.41) is 0.0748. The smallest absolute Gasteiger partial charge is 0.295 e. The highest BCUT2D eigenvalue weighted by Gasteiger charge is 2.39. The Labute approximate surface area is 197 Å². The molecule has 1 aromatic heterocycles. The van der Waals surface area contributed by atoms with Crippen LogP contribution in [0.1, 0.15) is 52.7 Å². The van der Waals surface area contributed by atoms with E-state index in [0.717, 1.165) is 37.7 Å². The fourth-order valence-corrected chi connectivity index (χ4v) is 5.12. The molecule has 0 bridgehead atoms. The lowest BCUT2D eigenvalue weighted by Gasteiger charge is -2.37. The zero-order chi connectivity index (χ0) is 24.2. The maximum absolute atomic E-state index is 13.3. The molecule has 6 nitrogen and oxygen atoms in total. The summed E-state index contributed by atoms with van der Waals surface area (Å²) < 4.78 is 14.2. The quantitative estimate of drug-likeness (QED) is 0.250. The number of allylic oxidation sites excluding steroid dienone is 1. The van der Waals surface area contributed by atoms with Gasteiger partial charge < -0.3 is 14.1 Å². The Morgan fingerprint density at radius 1 is 1.12 bits per heavy atom. The molecule has 0 saturated carbocycles. The first kappa shape index (κ1) is 26.9. The van der Waals surface area contributed by atoms with Gasteiger partial charge in [0, 0.05) is 34.0 Å². The molecule has 0 amide bonds. The summed E-state index contributed by atoms with van der Waals surface area (Å²) in [4.78, 5) is 20.3. The zero-order valence-electron chi connectivity index (χ0n) is 21.9. The number of nitrogens with zero attached hydrogens (tertiary/aromatic N) is 3. The van der Waals surface area contributed by atoms with Crippen LogP contribution >= 0.6 is 0 Å². The topological polar surface area (TPSA) is 56.6 Å². The van der Waals surface area contributed by atoms with Gasteiger partial charge in [-0.2, -0.15) is 0 Å². The highest BCUT2D eigenvalue weighted by atomic mass is 28.4. The molecule has 0 spiro atoms. The molecule has 1 aliphatic heterocycles. The van der Waals surface area contributed by atoms with Crippen LogP contribution < -0.4 is 10.5 Å². The van der Waals surface area contributed by atoms with Gasteiger partial charge in [-0.05, 0) is 56.4 Å². The third kappa shape index (κ3) is 7.32. The van der Waals surface area contributed by atoms with Crippen molar-refractivity contribution in [3.8, 4) is 0 Å². The fourth-order valence-electron chi connectivity index (χ4n) is 3.28. The lowest BCUT2D eigenvalue weighted by Crippen LogP contribution is -2.41. The van der Waals surface area contributed by atoms with E-state index in [1.165, 1.54) is 6.42 Å². The minimum absolute atomic E-state index is 0.0748. The third-order valence-corrected chi connectivity index (χ3v) is 12.6. The SMILES string of the molecule is CC=C(O[Si](C)(C)C(C)(C)C)c1cn(COCC[Si](C)(C)C)c(=O)c(N2CCCCC2)n1. The lowest BCUT2D eigenvalue weighted by molar-refractivity contribution is 0.0845. The second-order valence-electron chi connectivity index (χ2n) is 11.6. The van der Waals surface area contributed by atoms with Crippen molar-refractivity contribution in [2.24, 2.45) is 0 Å². The molecule has 0 unspecified atom stereocenters. The van der Waals surface area contributed by atoms with Crippen LogP contribution in [0.3, 0.4) is 0 Å². The van der Waals surface area contributed by atoms with Gasteiger partial charge in [-0.15, -0.1) is 0 Å². The lowest BCUT2D eigenvalue weighted by atomic mass is 10.1. The standard InChI is InChI=1S/C24H45N3O3Si2/c1-10-21(30-32(8,9)24(2,3)4)20-18-27(19-29-16-17-31(5,6)7)23(28)22(25-20)26-14-12-11-13-15-26/h10,18H,11-17,19H2,1-9H3. The molecule has 1 aliphatic rings. The van der Waals surface area contributed by atoms with Gasteiger partial charge in [0.05, 0.1) is 0 Å². The summed E-state index contributed by atoms with van der Waals surface area (Å²) in [6.45, 7) is 22.8. The Balaban J connectivity index is 2.39. The predicted octanol–water partition coefficient (Wildman–Crippen LogP) is 5.93. The highest BCUT2D eigenvalue weighted by Crippen LogP contribution is 2.39. The summed E-state index contributed by atoms with van der Waals surface area (Å²) in [6.07, 6.45) is 7.18. The predicted molar refractivity (Wildman–Crippen MR) is 141 cm³/mol. The minimum Gasteiger partial charge on any atom is -0.542 e. The first-order valence-corrected chi connectivity index (χ1v) is 18.7. The Morgan fingerprint density at radius 3 is 2.28 bits per heavy atom. The van der Waals surface area contributed by atoms with Crippen LogP contribution in [0.5, 0.6) is 0 Å². The van der Waals surface area contributed by atoms with Crippen molar-refractivity contribution in [2.45, 2.75) is 97.5 Å². The van der Waals surface area contributed by atoms with E-state index in [2.05, 4.69) is 58.4 Å². The molecule has 0 atom stereocenters. The van der Waals surface area contributed by atoms with E-state index in [0.29, 0.717) is 18.1 Å². The van der Waals surface area contributed by atoms with Gasteiger partial charge >= 0.3 is 0 Å². The number of rotatable bonds is 9. The van der Waals surface area contributed by atoms with Crippen molar-refractivity contribution in [1.82, 2.24) is 9.55 Å². The van der Waals surface area contributed by atoms with Crippen molar-refractivity contribution in [3.05, 3.63) is 28.3 Å². The van der Waals surface area contributed by atoms with Crippen LogP contribution in [0.25, 0.3) is 5.76 Å². The summed E-state index contributed by atoms with van der Waals surface area (Å²) in [5.41, 5.74) is 0.637. The summed E-state index contributed by atoms with van der Waals surface area (Å²) in [6, 6.07) is 1.08. The Kier molecular flexibility index (Phi) is 8.98. The molecule has 0 N–H and O–H groups in total. The van der Waals surface area contributed by atoms with Crippen LogP contribution in [0.4, 0.5) is 5.82 Å². The maximum Gasteiger partial charge on any atom is 0.295 e. The number of piperidine rings is 1. The second-order valence-corrected chi connectivity index (χ2v) is 22.0. The van der Waals surface area contributed by atoms with Crippen molar-refractivity contribution in [3.63, 3.8) is 0 Å². The molecule has 2 heterocycles. The van der Waals surface area contributed by atoms with E-state index < -0.39 is 16.4 Å². The van der Waals surface area contributed by atoms with Crippen molar-refractivity contribution >= 4 is 28.0 Å². The molecule has 0 radical (unpaired) electrons. The van der Waals surface area contributed by atoms with Gasteiger partial charge in [-0.3, -0.25) is 9.36 Å². The van der Waals surface area contributed by atoms with Crippen molar-refractivity contribution < 1.29 is 9.16 Å². The molecular formula is C24H45N3O3Si2. The number of ether oxygens (including phenoxy) is 1. The van der Waals surface area contributed by atoms with Gasteiger partial charge in [-0.25, -0.2) is 4.98 Å². The normalized spacial score (nSPS) is 16.4. The number of anilines is 1. The number of hydrogen-bond donors (Lipinski definition) is 0. The molecule has 182 valence electrons. The Hall–Kier alpha value is -1.39. The summed E-state index contributed by atoms with van der Waals surface area (Å²) in [7, 11) is -3.23. The Morgan fingerprint density at radius 2 is 1.75 bits per heavy atom. The number of hydrogen-bond acceptors (Lipinski definition) is 5. The van der Waals surface area contributed by atoms with Gasteiger partial charge in [0.2, 0.25) is 0 Å². The number of aromatic nitrogens is 2. The fraction of sp³-hybridized carbons (Fsp3) is 0.750. The molecule has 1 fully saturated rings. The van der Waals surface area contributed by atoms with Gasteiger partial charge in [0.15, 0.2) is 5.82 Å². The average molecular weight is 480 g/mol. The first-order chi connectivity index (χ1) is 14.7. The minimum atomic E-state index is -2.05. The summed E-state index contributed by atoms with van der Waals surface area (Å²) in [5.74, 6) is 1.28. The zero-order valence-corrected chi connectivity index (χ0v) is 23.9. The molecule has 8 heteroatoms. The molecule has 0 aliphatic carbocycles. The maximum atomic E-state index is 13.3. The highest BCUT2D eigenvalue weighted by molar-refractivity contribution is 6.76. The first-order valence-electron chi connectivity index (χ1n) is 12.0. The van der Waals surface area contributed by atoms with Crippen LogP contribution in [-0.2, 0) is 15.9 Å². The van der Waals surface area contributed by atoms with Gasteiger partial charge in [-0.1, -0.05) is 40.4 Å². The Bertz CT molecular complexity index is 846. The van der Waals surface area contributed by atoms with E-state index in [-0.39, 0.29) is 17.3 Å². The van der Waals surface area contributed by atoms with E-state index in [1.54, 1.807) is 4.57 Å². The second kappa shape index (κ2) is 10.7. The van der Waals surface area contributed by atoms with Crippen LogP contribution in [0, 0.1) is 0 Å². The van der Waals surface area contributed by atoms with E-state index in [4.69, 9.17) is 14.1 Å². The van der Waals surface area contributed by atoms with Crippen LogP contribution in [0.15, 0.2) is 17.1 Å². The summed E-state index contributed by atoms with van der Waals surface area (Å²) >= 11 is 0. The van der Waals surface area contributed by atoms with Gasteiger partial charge in [0.25, 0.3) is 13.9 Å². The molecule has 1 aromatic rings. The van der Waals surface area contributed by atoms with Crippen LogP contribution in [-0.4, -0.2) is 45.6 Å². The third-order valence-electron chi connectivity index (χ3n) is 6.52. The molecule has 1 saturated heterocycles.